The first-order chi connectivity index (χ1) is 6.54. The highest BCUT2D eigenvalue weighted by atomic mass is 16.6. The summed E-state index contributed by atoms with van der Waals surface area (Å²) >= 11 is 0. The first-order valence-corrected chi connectivity index (χ1v) is 4.32. The molecule has 0 unspecified atom stereocenters. The lowest BCUT2D eigenvalue weighted by Crippen LogP contribution is -2.64. The first kappa shape index (κ1) is 11.8. The fourth-order valence-electron chi connectivity index (χ4n) is 1.73. The molecule has 0 aromatic carbocycles. The molecule has 6 nitrogen and oxygen atoms in total. The number of rotatable bonds is 2. The number of hydrogen-bond acceptors (Lipinski definition) is 6. The molecule has 84 valence electrons. The Morgan fingerprint density at radius 1 is 0.643 bits per heavy atom. The molecule has 0 amide bonds. The van der Waals surface area contributed by atoms with Crippen LogP contribution in [0, 0.1) is 0 Å². The van der Waals surface area contributed by atoms with E-state index in [-0.39, 0.29) is 0 Å². The van der Waals surface area contributed by atoms with E-state index in [4.69, 9.17) is 9.47 Å². The van der Waals surface area contributed by atoms with Gasteiger partial charge in [0.15, 0.2) is 0 Å². The van der Waals surface area contributed by atoms with Crippen LogP contribution >= 0.6 is 0 Å². The summed E-state index contributed by atoms with van der Waals surface area (Å²) in [7, 11) is 2.66. The van der Waals surface area contributed by atoms with E-state index >= 15 is 0 Å². The highest BCUT2D eigenvalue weighted by Gasteiger charge is 2.49. The molecule has 0 saturated heterocycles. The van der Waals surface area contributed by atoms with Crippen molar-refractivity contribution in [1.82, 2.24) is 0 Å². The van der Waals surface area contributed by atoms with Gasteiger partial charge >= 0.3 is 0 Å². The minimum Gasteiger partial charge on any atom is -0.387 e. The van der Waals surface area contributed by atoms with Gasteiger partial charge in [0.1, 0.15) is 36.6 Å². The number of aliphatic hydroxyl groups excluding tert-OH is 4. The maximum Gasteiger partial charge on any atom is 0.114 e. The fourth-order valence-corrected chi connectivity index (χ4v) is 1.73. The summed E-state index contributed by atoms with van der Waals surface area (Å²) in [5.41, 5.74) is 0. The molecule has 1 aliphatic rings. The quantitative estimate of drug-likeness (QED) is 0.399. The molecule has 14 heavy (non-hydrogen) atoms. The zero-order valence-corrected chi connectivity index (χ0v) is 8.07. The molecule has 6 heteroatoms. The Hall–Kier alpha value is -0.240. The Morgan fingerprint density at radius 3 is 1.14 bits per heavy atom. The second kappa shape index (κ2) is 4.52. The monoisotopic (exact) mass is 208 g/mol. The molecule has 1 saturated carbocycles. The highest BCUT2D eigenvalue weighted by Crippen LogP contribution is 2.25. The second-order valence-electron chi connectivity index (χ2n) is 3.36. The van der Waals surface area contributed by atoms with Crippen molar-refractivity contribution in [2.45, 2.75) is 36.6 Å². The molecule has 0 spiro atoms. The zero-order chi connectivity index (χ0) is 10.9. The van der Waals surface area contributed by atoms with Gasteiger partial charge in [0, 0.05) is 14.2 Å². The lowest BCUT2D eigenvalue weighted by Gasteiger charge is -2.42. The Morgan fingerprint density at radius 2 is 0.929 bits per heavy atom. The van der Waals surface area contributed by atoms with Crippen LogP contribution in [0.2, 0.25) is 0 Å². The van der Waals surface area contributed by atoms with E-state index < -0.39 is 36.6 Å². The van der Waals surface area contributed by atoms with E-state index in [1.807, 2.05) is 0 Å². The fraction of sp³-hybridized carbons (Fsp3) is 1.00. The molecule has 0 heterocycles. The predicted octanol–water partition coefficient (Wildman–Crippen LogP) is -2.53. The molecule has 1 fully saturated rings. The predicted molar refractivity (Wildman–Crippen MR) is 45.6 cm³/mol. The van der Waals surface area contributed by atoms with Crippen LogP contribution in [-0.2, 0) is 9.47 Å². The molecule has 0 aliphatic heterocycles. The normalized spacial score (nSPS) is 49.3. The van der Waals surface area contributed by atoms with Crippen molar-refractivity contribution in [2.24, 2.45) is 0 Å². The Labute approximate surface area is 81.7 Å². The van der Waals surface area contributed by atoms with E-state index in [0.29, 0.717) is 0 Å². The summed E-state index contributed by atoms with van der Waals surface area (Å²) in [6, 6.07) is 0. The minimum atomic E-state index is -1.43. The topological polar surface area (TPSA) is 99.4 Å². The molecule has 6 atom stereocenters. The molecule has 4 N–H and O–H groups in total. The molecular weight excluding hydrogens is 192 g/mol. The van der Waals surface area contributed by atoms with Crippen LogP contribution in [0.5, 0.6) is 0 Å². The van der Waals surface area contributed by atoms with Crippen molar-refractivity contribution in [1.29, 1.82) is 0 Å². The summed E-state index contributed by atoms with van der Waals surface area (Å²) in [4.78, 5) is 0. The number of hydrogen-bond donors (Lipinski definition) is 4. The lowest BCUT2D eigenvalue weighted by molar-refractivity contribution is -0.235. The van der Waals surface area contributed by atoms with Crippen molar-refractivity contribution in [3.8, 4) is 0 Å². The molecule has 0 bridgehead atoms. The van der Waals surface area contributed by atoms with Gasteiger partial charge in [-0.25, -0.2) is 0 Å². The van der Waals surface area contributed by atoms with Gasteiger partial charge in [0.05, 0.1) is 0 Å². The van der Waals surface area contributed by atoms with Crippen molar-refractivity contribution in [2.75, 3.05) is 14.2 Å². The summed E-state index contributed by atoms with van der Waals surface area (Å²) in [6.07, 6.45) is -7.11. The molecule has 1 aliphatic carbocycles. The maximum atomic E-state index is 9.50. The van der Waals surface area contributed by atoms with Crippen molar-refractivity contribution in [3.63, 3.8) is 0 Å². The van der Waals surface area contributed by atoms with Gasteiger partial charge in [-0.2, -0.15) is 0 Å². The third-order valence-corrected chi connectivity index (χ3v) is 2.59. The summed E-state index contributed by atoms with van der Waals surface area (Å²) in [5, 5.41) is 37.7. The molecule has 0 radical (unpaired) electrons. The average molecular weight is 208 g/mol. The van der Waals surface area contributed by atoms with Gasteiger partial charge in [-0.05, 0) is 0 Å². The van der Waals surface area contributed by atoms with Crippen LogP contribution in [0.25, 0.3) is 0 Å². The van der Waals surface area contributed by atoms with E-state index in [1.165, 1.54) is 14.2 Å². The summed E-state index contributed by atoms with van der Waals surface area (Å²) < 4.78 is 9.78. The smallest absolute Gasteiger partial charge is 0.114 e. The van der Waals surface area contributed by atoms with Gasteiger partial charge in [-0.15, -0.1) is 0 Å². The highest BCUT2D eigenvalue weighted by molar-refractivity contribution is 4.99. The summed E-state index contributed by atoms with van der Waals surface area (Å²) in [6.45, 7) is 0. The van der Waals surface area contributed by atoms with Crippen molar-refractivity contribution in [3.05, 3.63) is 0 Å². The minimum absolute atomic E-state index is 0.853. The lowest BCUT2D eigenvalue weighted by atomic mass is 9.85. The van der Waals surface area contributed by atoms with Crippen molar-refractivity contribution >= 4 is 0 Å². The van der Waals surface area contributed by atoms with Crippen LogP contribution in [0.1, 0.15) is 0 Å². The second-order valence-corrected chi connectivity index (χ2v) is 3.36. The number of ether oxygens (including phenoxy) is 2. The maximum absolute atomic E-state index is 9.50. The van der Waals surface area contributed by atoms with Crippen LogP contribution in [0.4, 0.5) is 0 Å². The molecular formula is C8H16O6. The van der Waals surface area contributed by atoms with Gasteiger partial charge in [-0.3, -0.25) is 0 Å². The third-order valence-electron chi connectivity index (χ3n) is 2.59. The van der Waals surface area contributed by atoms with Crippen LogP contribution in [0.3, 0.4) is 0 Å². The number of methoxy groups -OCH3 is 2. The van der Waals surface area contributed by atoms with Crippen LogP contribution in [-0.4, -0.2) is 71.3 Å². The van der Waals surface area contributed by atoms with Gasteiger partial charge in [0.25, 0.3) is 0 Å². The van der Waals surface area contributed by atoms with Gasteiger partial charge in [0.2, 0.25) is 0 Å². The largest absolute Gasteiger partial charge is 0.387 e. The third kappa shape index (κ3) is 1.77. The van der Waals surface area contributed by atoms with Gasteiger partial charge < -0.3 is 29.9 Å². The standard InChI is InChI=1S/C8H16O6/c1-13-7-5(11)3(9)4(10)6(12)8(7)14-2/h3-12H,1-2H3/t3-,4-,5-,6+,7+,8-/m0/s1. The van der Waals surface area contributed by atoms with E-state index in [2.05, 4.69) is 0 Å². The first-order valence-electron chi connectivity index (χ1n) is 4.32. The molecule has 0 aromatic rings. The number of aliphatic hydroxyl groups is 4. The Kier molecular flexibility index (Phi) is 3.82. The van der Waals surface area contributed by atoms with Crippen LogP contribution < -0.4 is 0 Å². The van der Waals surface area contributed by atoms with Gasteiger partial charge in [-0.1, -0.05) is 0 Å². The zero-order valence-electron chi connectivity index (χ0n) is 8.07. The average Bonchev–Trinajstić information content (AvgIpc) is 2.20. The summed E-state index contributed by atoms with van der Waals surface area (Å²) in [5.74, 6) is 0. The molecule has 0 aromatic heterocycles. The Balaban J connectivity index is 2.84. The van der Waals surface area contributed by atoms with Crippen LogP contribution in [0.15, 0.2) is 0 Å². The SMILES string of the molecule is CO[C@@H]1[C@@H](O)[C@@H](O)[C@H](O)[C@@H](O)[C@@H]1OC. The molecule has 1 rings (SSSR count). The van der Waals surface area contributed by atoms with E-state index in [0.717, 1.165) is 0 Å². The van der Waals surface area contributed by atoms with Crippen molar-refractivity contribution < 1.29 is 29.9 Å². The van der Waals surface area contributed by atoms with E-state index in [1.54, 1.807) is 0 Å². The Bertz CT molecular complexity index is 167. The van der Waals surface area contributed by atoms with E-state index in [9.17, 15) is 20.4 Å².